The largest absolute Gasteiger partial charge is 0.460 e. The van der Waals surface area contributed by atoms with Crippen LogP contribution in [0.15, 0.2) is 24.3 Å². The molecule has 0 bridgehead atoms. The van der Waals surface area contributed by atoms with Crippen LogP contribution in [0.3, 0.4) is 0 Å². The van der Waals surface area contributed by atoms with Crippen molar-refractivity contribution in [1.82, 2.24) is 10.7 Å². The summed E-state index contributed by atoms with van der Waals surface area (Å²) >= 11 is 0. The van der Waals surface area contributed by atoms with Crippen LogP contribution in [-0.2, 0) is 32.3 Å². The van der Waals surface area contributed by atoms with Gasteiger partial charge in [-0.15, -0.1) is 0 Å². The molecule has 0 spiro atoms. The van der Waals surface area contributed by atoms with E-state index in [0.717, 1.165) is 5.56 Å². The minimum Gasteiger partial charge on any atom is -0.460 e. The molecule has 1 amide bonds. The fourth-order valence-electron chi connectivity index (χ4n) is 1.54. The van der Waals surface area contributed by atoms with E-state index in [1.54, 1.807) is 45.0 Å². The van der Waals surface area contributed by atoms with Gasteiger partial charge in [0.15, 0.2) is 0 Å². The Kier molecular flexibility index (Phi) is 7.59. The third-order valence-electron chi connectivity index (χ3n) is 2.55. The van der Waals surface area contributed by atoms with Crippen LogP contribution in [-0.4, -0.2) is 40.0 Å². The Morgan fingerprint density at radius 2 is 1.62 bits per heavy atom. The third-order valence-corrected chi connectivity index (χ3v) is 2.55. The number of nitrogens with zero attached hydrogens (tertiary/aromatic N) is 1. The Balaban J connectivity index is 2.30. The number of ether oxygens (including phenoxy) is 2. The summed E-state index contributed by atoms with van der Waals surface area (Å²) < 4.78 is 10.0. The smallest absolute Gasteiger partial charge is 0.408 e. The Labute approximate surface area is 139 Å². The van der Waals surface area contributed by atoms with Crippen molar-refractivity contribution in [2.45, 2.75) is 39.6 Å². The minimum absolute atomic E-state index is 0.0210. The number of nitrogens with one attached hydrogen (secondary N) is 1. The molecule has 0 aliphatic rings. The van der Waals surface area contributed by atoms with Gasteiger partial charge in [0.2, 0.25) is 0 Å². The van der Waals surface area contributed by atoms with Gasteiger partial charge in [-0.05, 0) is 31.9 Å². The van der Waals surface area contributed by atoms with Crippen molar-refractivity contribution < 1.29 is 34.3 Å². The number of carbonyl (C=O) groups is 2. The van der Waals surface area contributed by atoms with Crippen LogP contribution in [0, 0.1) is 0 Å². The van der Waals surface area contributed by atoms with E-state index in [4.69, 9.17) is 19.9 Å². The highest BCUT2D eigenvalue weighted by atomic mass is 17.1. The summed E-state index contributed by atoms with van der Waals surface area (Å²) in [6, 6.07) is 6.77. The molecule has 0 heterocycles. The summed E-state index contributed by atoms with van der Waals surface area (Å²) in [6.07, 6.45) is -0.689. The summed E-state index contributed by atoms with van der Waals surface area (Å²) in [4.78, 5) is 27.4. The molecule has 1 aromatic rings. The predicted octanol–water partition coefficient (Wildman–Crippen LogP) is 1.77. The first kappa shape index (κ1) is 19.8. The number of hydrogen-bond acceptors (Lipinski definition) is 8. The number of hydrogen-bond donors (Lipinski definition) is 3. The number of alkyl carbamates (subject to hydrolysis) is 1. The van der Waals surface area contributed by atoms with E-state index in [9.17, 15) is 9.59 Å². The standard InChI is InChI=1S/C15H22N2O7/c1-15(2,3)24-14(19)16-8-13(18)22-9-11-4-6-12(7-5-11)10-23-17(20)21/h4-7,20-21H,8-10H2,1-3H3,(H,16,19). The van der Waals surface area contributed by atoms with Crippen LogP contribution in [0.4, 0.5) is 4.79 Å². The second-order valence-electron chi connectivity index (χ2n) is 5.86. The molecule has 3 N–H and O–H groups in total. The SMILES string of the molecule is CC(C)(C)OC(=O)NCC(=O)OCc1ccc(CON(O)O)cc1. The summed E-state index contributed by atoms with van der Waals surface area (Å²) in [5.41, 5.74) is 0.793. The molecule has 0 unspecified atom stereocenters. The maximum atomic E-state index is 11.6. The second kappa shape index (κ2) is 9.18. The zero-order valence-electron chi connectivity index (χ0n) is 13.8. The van der Waals surface area contributed by atoms with Gasteiger partial charge in [-0.3, -0.25) is 15.2 Å². The molecule has 1 rings (SSSR count). The van der Waals surface area contributed by atoms with Gasteiger partial charge < -0.3 is 14.8 Å². The molecular formula is C15H22N2O7. The van der Waals surface area contributed by atoms with Crippen molar-refractivity contribution >= 4 is 12.1 Å². The lowest BCUT2D eigenvalue weighted by atomic mass is 10.1. The van der Waals surface area contributed by atoms with Crippen molar-refractivity contribution in [2.75, 3.05) is 6.54 Å². The van der Waals surface area contributed by atoms with Gasteiger partial charge in [0, 0.05) is 0 Å². The van der Waals surface area contributed by atoms with E-state index in [0.29, 0.717) is 5.56 Å². The molecule has 0 aliphatic carbocycles. The van der Waals surface area contributed by atoms with Gasteiger partial charge in [-0.1, -0.05) is 24.3 Å². The first-order valence-electron chi connectivity index (χ1n) is 7.17. The van der Waals surface area contributed by atoms with Crippen LogP contribution in [0.2, 0.25) is 0 Å². The fraction of sp³-hybridized carbons (Fsp3) is 0.467. The van der Waals surface area contributed by atoms with Crippen molar-refractivity contribution in [1.29, 1.82) is 0 Å². The van der Waals surface area contributed by atoms with Gasteiger partial charge in [-0.25, -0.2) is 9.63 Å². The molecule has 0 aliphatic heterocycles. The minimum atomic E-state index is -0.689. The van der Waals surface area contributed by atoms with Crippen LogP contribution < -0.4 is 5.32 Å². The normalized spacial score (nSPS) is 11.2. The zero-order chi connectivity index (χ0) is 18.2. The van der Waals surface area contributed by atoms with Crippen LogP contribution in [0.5, 0.6) is 0 Å². The van der Waals surface area contributed by atoms with E-state index in [1.807, 2.05) is 0 Å². The molecule has 1 aromatic carbocycles. The maximum Gasteiger partial charge on any atom is 0.408 e. The first-order valence-corrected chi connectivity index (χ1v) is 7.17. The lowest BCUT2D eigenvalue weighted by Gasteiger charge is -2.19. The van der Waals surface area contributed by atoms with Gasteiger partial charge in [0.25, 0.3) is 0 Å². The summed E-state index contributed by atoms with van der Waals surface area (Å²) in [7, 11) is 0. The molecule has 0 saturated heterocycles. The first-order chi connectivity index (χ1) is 11.2. The molecule has 24 heavy (non-hydrogen) atoms. The molecule has 0 aromatic heterocycles. The lowest BCUT2D eigenvalue weighted by molar-refractivity contribution is -0.497. The zero-order valence-corrected chi connectivity index (χ0v) is 13.8. The molecule has 0 radical (unpaired) electrons. The van der Waals surface area contributed by atoms with Crippen molar-refractivity contribution in [3.63, 3.8) is 0 Å². The fourth-order valence-corrected chi connectivity index (χ4v) is 1.54. The quantitative estimate of drug-likeness (QED) is 0.507. The Morgan fingerprint density at radius 3 is 2.12 bits per heavy atom. The van der Waals surface area contributed by atoms with Gasteiger partial charge in [0.05, 0.1) is 12.0 Å². The van der Waals surface area contributed by atoms with E-state index in [1.165, 1.54) is 0 Å². The van der Waals surface area contributed by atoms with Crippen molar-refractivity contribution in [3.8, 4) is 0 Å². The number of carbonyl (C=O) groups excluding carboxylic acids is 2. The maximum absolute atomic E-state index is 11.6. The number of benzene rings is 1. The average molecular weight is 342 g/mol. The average Bonchev–Trinajstić information content (AvgIpc) is 2.48. The molecule has 0 atom stereocenters. The van der Waals surface area contributed by atoms with Gasteiger partial charge in [0.1, 0.15) is 18.8 Å². The van der Waals surface area contributed by atoms with E-state index >= 15 is 0 Å². The monoisotopic (exact) mass is 342 g/mol. The molecule has 134 valence electrons. The lowest BCUT2D eigenvalue weighted by Crippen LogP contribution is -2.36. The molecule has 0 saturated carbocycles. The number of esters is 1. The van der Waals surface area contributed by atoms with Crippen LogP contribution in [0.25, 0.3) is 0 Å². The topological polar surface area (TPSA) is 118 Å². The number of rotatable bonds is 7. The van der Waals surface area contributed by atoms with E-state index in [2.05, 4.69) is 10.2 Å². The van der Waals surface area contributed by atoms with Gasteiger partial charge in [-0.2, -0.15) is 0 Å². The van der Waals surface area contributed by atoms with E-state index in [-0.39, 0.29) is 25.1 Å². The number of amides is 1. The van der Waals surface area contributed by atoms with Crippen LogP contribution >= 0.6 is 0 Å². The van der Waals surface area contributed by atoms with Crippen molar-refractivity contribution in [2.24, 2.45) is 0 Å². The van der Waals surface area contributed by atoms with Gasteiger partial charge >= 0.3 is 12.1 Å². The Hall–Kier alpha value is -2.20. The third kappa shape index (κ3) is 9.06. The highest BCUT2D eigenvalue weighted by Gasteiger charge is 2.16. The summed E-state index contributed by atoms with van der Waals surface area (Å²) in [5.74, 6) is -0.593. The molecular weight excluding hydrogens is 320 g/mol. The predicted molar refractivity (Wildman–Crippen MR) is 80.7 cm³/mol. The van der Waals surface area contributed by atoms with Crippen LogP contribution in [0.1, 0.15) is 31.9 Å². The highest BCUT2D eigenvalue weighted by molar-refractivity contribution is 5.78. The molecule has 9 heteroatoms. The Bertz CT molecular complexity index is 538. The molecule has 9 nitrogen and oxygen atoms in total. The van der Waals surface area contributed by atoms with Crippen molar-refractivity contribution in [3.05, 3.63) is 35.4 Å². The summed E-state index contributed by atoms with van der Waals surface area (Å²) in [6.45, 7) is 4.90. The highest BCUT2D eigenvalue weighted by Crippen LogP contribution is 2.08. The Morgan fingerprint density at radius 1 is 1.08 bits per heavy atom. The van der Waals surface area contributed by atoms with E-state index < -0.39 is 17.7 Å². The molecule has 0 fully saturated rings. The summed E-state index contributed by atoms with van der Waals surface area (Å²) in [5, 5.41) is 18.8. The second-order valence-corrected chi connectivity index (χ2v) is 5.86.